The summed E-state index contributed by atoms with van der Waals surface area (Å²) >= 11 is 3.52. The van der Waals surface area contributed by atoms with Crippen molar-refractivity contribution in [3.8, 4) is 0 Å². The Labute approximate surface area is 111 Å². The van der Waals surface area contributed by atoms with Crippen LogP contribution >= 0.6 is 15.9 Å². The molecule has 1 heterocycles. The van der Waals surface area contributed by atoms with Gasteiger partial charge in [0, 0.05) is 18.4 Å². The van der Waals surface area contributed by atoms with Gasteiger partial charge in [0.05, 0.1) is 6.42 Å². The van der Waals surface area contributed by atoms with Gasteiger partial charge < -0.3 is 4.90 Å². The van der Waals surface area contributed by atoms with Crippen molar-refractivity contribution >= 4 is 21.8 Å². The highest BCUT2D eigenvalue weighted by Gasteiger charge is 2.21. The molecule has 1 aromatic carbocycles. The SMILES string of the molecule is O=C(Cc1ccccc1)N1CCC(CBr)CC1. The van der Waals surface area contributed by atoms with Gasteiger partial charge in [0.2, 0.25) is 5.91 Å². The lowest BCUT2D eigenvalue weighted by Gasteiger charge is -2.31. The van der Waals surface area contributed by atoms with Gasteiger partial charge in [0.25, 0.3) is 0 Å². The van der Waals surface area contributed by atoms with Gasteiger partial charge in [-0.1, -0.05) is 46.3 Å². The number of likely N-dealkylation sites (tertiary alicyclic amines) is 1. The van der Waals surface area contributed by atoms with Crippen LogP contribution in [-0.4, -0.2) is 29.2 Å². The number of piperidine rings is 1. The normalized spacial score (nSPS) is 17.1. The molecule has 2 rings (SSSR count). The van der Waals surface area contributed by atoms with E-state index in [1.165, 1.54) is 0 Å². The molecule has 0 spiro atoms. The van der Waals surface area contributed by atoms with Gasteiger partial charge in [-0.15, -0.1) is 0 Å². The lowest BCUT2D eigenvalue weighted by molar-refractivity contribution is -0.131. The van der Waals surface area contributed by atoms with E-state index in [1.807, 2.05) is 35.2 Å². The summed E-state index contributed by atoms with van der Waals surface area (Å²) in [5.74, 6) is 1.01. The highest BCUT2D eigenvalue weighted by molar-refractivity contribution is 9.09. The Balaban J connectivity index is 1.85. The number of nitrogens with zero attached hydrogens (tertiary/aromatic N) is 1. The highest BCUT2D eigenvalue weighted by atomic mass is 79.9. The first-order chi connectivity index (χ1) is 8.29. The Kier molecular flexibility index (Phi) is 4.60. The van der Waals surface area contributed by atoms with Gasteiger partial charge in [0.1, 0.15) is 0 Å². The summed E-state index contributed by atoms with van der Waals surface area (Å²) in [4.78, 5) is 14.1. The molecule has 3 heteroatoms. The Morgan fingerprint density at radius 2 is 1.88 bits per heavy atom. The van der Waals surface area contributed by atoms with Crippen LogP contribution in [0, 0.1) is 5.92 Å². The number of carbonyl (C=O) groups is 1. The van der Waals surface area contributed by atoms with Crippen LogP contribution in [-0.2, 0) is 11.2 Å². The number of carbonyl (C=O) groups excluding carboxylic acids is 1. The standard InChI is InChI=1S/C14H18BrNO/c15-11-13-6-8-16(9-7-13)14(17)10-12-4-2-1-3-5-12/h1-5,13H,6-11H2. The lowest BCUT2D eigenvalue weighted by atomic mass is 9.98. The molecule has 0 N–H and O–H groups in total. The summed E-state index contributed by atoms with van der Waals surface area (Å²) < 4.78 is 0. The molecule has 1 fully saturated rings. The van der Waals surface area contributed by atoms with Crippen molar-refractivity contribution < 1.29 is 4.79 Å². The van der Waals surface area contributed by atoms with E-state index < -0.39 is 0 Å². The molecule has 0 bridgehead atoms. The van der Waals surface area contributed by atoms with Crippen molar-refractivity contribution in [1.82, 2.24) is 4.90 Å². The summed E-state index contributed by atoms with van der Waals surface area (Å²) in [6, 6.07) is 9.99. The molecule has 1 aromatic rings. The fraction of sp³-hybridized carbons (Fsp3) is 0.500. The van der Waals surface area contributed by atoms with E-state index in [2.05, 4.69) is 15.9 Å². The monoisotopic (exact) mass is 295 g/mol. The van der Waals surface area contributed by atoms with Crippen molar-refractivity contribution in [3.05, 3.63) is 35.9 Å². The minimum atomic E-state index is 0.268. The summed E-state index contributed by atoms with van der Waals surface area (Å²) in [5, 5.41) is 1.06. The van der Waals surface area contributed by atoms with Crippen LogP contribution in [0.2, 0.25) is 0 Å². The Hall–Kier alpha value is -0.830. The zero-order chi connectivity index (χ0) is 12.1. The predicted octanol–water partition coefficient (Wildman–Crippen LogP) is 2.86. The molecule has 0 unspecified atom stereocenters. The van der Waals surface area contributed by atoms with Gasteiger partial charge in [-0.3, -0.25) is 4.79 Å². The van der Waals surface area contributed by atoms with Crippen LogP contribution in [0.3, 0.4) is 0 Å². The number of halogens is 1. The molecule has 1 aliphatic heterocycles. The van der Waals surface area contributed by atoms with Gasteiger partial charge in [-0.2, -0.15) is 0 Å². The molecule has 1 saturated heterocycles. The maximum absolute atomic E-state index is 12.1. The third-order valence-corrected chi connectivity index (χ3v) is 4.30. The molecule has 17 heavy (non-hydrogen) atoms. The van der Waals surface area contributed by atoms with E-state index in [9.17, 15) is 4.79 Å². The fourth-order valence-corrected chi connectivity index (χ4v) is 2.87. The maximum Gasteiger partial charge on any atom is 0.226 e. The van der Waals surface area contributed by atoms with E-state index in [1.54, 1.807) is 0 Å². The largest absolute Gasteiger partial charge is 0.342 e. The van der Waals surface area contributed by atoms with Crippen LogP contribution < -0.4 is 0 Å². The van der Waals surface area contributed by atoms with Gasteiger partial charge in [-0.25, -0.2) is 0 Å². The van der Waals surface area contributed by atoms with Crippen LogP contribution in [0.25, 0.3) is 0 Å². The molecule has 2 nitrogen and oxygen atoms in total. The molecule has 1 aliphatic rings. The van der Waals surface area contributed by atoms with E-state index in [0.717, 1.165) is 42.7 Å². The van der Waals surface area contributed by atoms with E-state index in [0.29, 0.717) is 6.42 Å². The van der Waals surface area contributed by atoms with Crippen LogP contribution in [0.15, 0.2) is 30.3 Å². The summed E-state index contributed by atoms with van der Waals surface area (Å²) in [7, 11) is 0. The number of amides is 1. The second-order valence-electron chi connectivity index (χ2n) is 4.64. The van der Waals surface area contributed by atoms with E-state index in [-0.39, 0.29) is 5.91 Å². The smallest absolute Gasteiger partial charge is 0.226 e. The van der Waals surface area contributed by atoms with Crippen molar-refractivity contribution in [2.24, 2.45) is 5.92 Å². The summed E-state index contributed by atoms with van der Waals surface area (Å²) in [6.07, 6.45) is 2.80. The maximum atomic E-state index is 12.1. The summed E-state index contributed by atoms with van der Waals surface area (Å²) in [6.45, 7) is 1.84. The quantitative estimate of drug-likeness (QED) is 0.785. The Morgan fingerprint density at radius 1 is 1.24 bits per heavy atom. The number of hydrogen-bond acceptors (Lipinski definition) is 1. The Morgan fingerprint density at radius 3 is 2.47 bits per heavy atom. The zero-order valence-electron chi connectivity index (χ0n) is 9.94. The number of alkyl halides is 1. The molecule has 0 saturated carbocycles. The van der Waals surface area contributed by atoms with Gasteiger partial charge in [-0.05, 0) is 24.3 Å². The minimum Gasteiger partial charge on any atom is -0.342 e. The first-order valence-electron chi connectivity index (χ1n) is 6.17. The lowest BCUT2D eigenvalue weighted by Crippen LogP contribution is -2.39. The van der Waals surface area contributed by atoms with Crippen molar-refractivity contribution in [2.45, 2.75) is 19.3 Å². The molecular formula is C14H18BrNO. The van der Waals surface area contributed by atoms with Crippen LogP contribution in [0.5, 0.6) is 0 Å². The average molecular weight is 296 g/mol. The van der Waals surface area contributed by atoms with Crippen molar-refractivity contribution in [1.29, 1.82) is 0 Å². The predicted molar refractivity (Wildman–Crippen MR) is 73.2 cm³/mol. The zero-order valence-corrected chi connectivity index (χ0v) is 11.5. The molecule has 0 atom stereocenters. The minimum absolute atomic E-state index is 0.268. The summed E-state index contributed by atoms with van der Waals surface area (Å²) in [5.41, 5.74) is 1.11. The third kappa shape index (κ3) is 3.56. The second-order valence-corrected chi connectivity index (χ2v) is 5.29. The molecule has 0 aliphatic carbocycles. The molecule has 1 amide bonds. The van der Waals surface area contributed by atoms with E-state index >= 15 is 0 Å². The first kappa shape index (κ1) is 12.6. The second kappa shape index (κ2) is 6.20. The molecular weight excluding hydrogens is 278 g/mol. The molecule has 0 aromatic heterocycles. The van der Waals surface area contributed by atoms with Crippen molar-refractivity contribution in [2.75, 3.05) is 18.4 Å². The van der Waals surface area contributed by atoms with Crippen molar-refractivity contribution in [3.63, 3.8) is 0 Å². The highest BCUT2D eigenvalue weighted by Crippen LogP contribution is 2.19. The van der Waals surface area contributed by atoms with E-state index in [4.69, 9.17) is 0 Å². The van der Waals surface area contributed by atoms with Crippen LogP contribution in [0.1, 0.15) is 18.4 Å². The number of benzene rings is 1. The first-order valence-corrected chi connectivity index (χ1v) is 7.29. The number of rotatable bonds is 3. The number of hydrogen-bond donors (Lipinski definition) is 0. The fourth-order valence-electron chi connectivity index (χ4n) is 2.22. The molecule has 92 valence electrons. The van der Waals surface area contributed by atoms with Crippen LogP contribution in [0.4, 0.5) is 0 Å². The van der Waals surface area contributed by atoms with Gasteiger partial charge in [0.15, 0.2) is 0 Å². The average Bonchev–Trinajstić information content (AvgIpc) is 2.40. The Bertz CT molecular complexity index is 358. The molecule has 0 radical (unpaired) electrons. The van der Waals surface area contributed by atoms with Gasteiger partial charge >= 0.3 is 0 Å². The third-order valence-electron chi connectivity index (χ3n) is 3.38. The topological polar surface area (TPSA) is 20.3 Å².